The molecule has 4 rings (SSSR count). The predicted octanol–water partition coefficient (Wildman–Crippen LogP) is 5.16. The van der Waals surface area contributed by atoms with Crippen molar-refractivity contribution >= 4 is 28.9 Å². The summed E-state index contributed by atoms with van der Waals surface area (Å²) in [7, 11) is 0. The van der Waals surface area contributed by atoms with Crippen molar-refractivity contribution in [3.8, 4) is 0 Å². The van der Waals surface area contributed by atoms with Crippen molar-refractivity contribution in [1.82, 2.24) is 10.2 Å². The van der Waals surface area contributed by atoms with Crippen molar-refractivity contribution < 1.29 is 0 Å². The monoisotopic (exact) mass is 417 g/mol. The molecule has 2 heterocycles. The summed E-state index contributed by atoms with van der Waals surface area (Å²) in [6, 6.07) is 15.0. The van der Waals surface area contributed by atoms with Crippen LogP contribution in [0.3, 0.4) is 0 Å². The highest BCUT2D eigenvalue weighted by atomic mass is 35.5. The van der Waals surface area contributed by atoms with Crippen LogP contribution in [0.4, 0.5) is 5.69 Å². The van der Waals surface area contributed by atoms with Gasteiger partial charge in [0.15, 0.2) is 0 Å². The average Bonchev–Trinajstić information content (AvgIpc) is 2.70. The zero-order valence-corrected chi connectivity index (χ0v) is 18.0. The first-order valence-electron chi connectivity index (χ1n) is 10.3. The Morgan fingerprint density at radius 1 is 1.00 bits per heavy atom. The molecule has 0 saturated carbocycles. The molecule has 2 aromatic carbocycles. The lowest BCUT2D eigenvalue weighted by Gasteiger charge is -2.44. The maximum absolute atomic E-state index is 6.65. The number of nitrogens with one attached hydrogen (secondary N) is 1. The van der Waals surface area contributed by atoms with Crippen molar-refractivity contribution in [2.45, 2.75) is 25.8 Å². The van der Waals surface area contributed by atoms with Crippen LogP contribution in [0.15, 0.2) is 42.5 Å². The van der Waals surface area contributed by atoms with E-state index in [4.69, 9.17) is 23.2 Å². The van der Waals surface area contributed by atoms with E-state index in [9.17, 15) is 0 Å². The van der Waals surface area contributed by atoms with E-state index in [2.05, 4.69) is 52.4 Å². The molecule has 2 fully saturated rings. The van der Waals surface area contributed by atoms with Crippen LogP contribution >= 0.6 is 23.2 Å². The summed E-state index contributed by atoms with van der Waals surface area (Å²) >= 11 is 12.8. The molecule has 150 valence electrons. The second-order valence-corrected chi connectivity index (χ2v) is 9.01. The second kappa shape index (κ2) is 9.04. The van der Waals surface area contributed by atoms with Gasteiger partial charge in [0, 0.05) is 31.2 Å². The predicted molar refractivity (Wildman–Crippen MR) is 120 cm³/mol. The van der Waals surface area contributed by atoms with Crippen LogP contribution in [0, 0.1) is 12.8 Å². The standard InChI is InChI=1S/C23H29Cl2N3/c1-17-2-7-22(21(25)14-17)28-13-12-27(15-18-8-10-26-11-9-18)16-23(28)19-3-5-20(24)6-4-19/h2-7,14,18,23,26H,8-13,15-16H2,1H3/t23-/m0/s1. The molecule has 2 saturated heterocycles. The number of rotatable bonds is 4. The van der Waals surface area contributed by atoms with Gasteiger partial charge in [-0.1, -0.05) is 41.4 Å². The van der Waals surface area contributed by atoms with Gasteiger partial charge >= 0.3 is 0 Å². The van der Waals surface area contributed by atoms with Gasteiger partial charge in [-0.15, -0.1) is 0 Å². The molecule has 28 heavy (non-hydrogen) atoms. The lowest BCUT2D eigenvalue weighted by molar-refractivity contribution is 0.174. The van der Waals surface area contributed by atoms with Gasteiger partial charge in [0.25, 0.3) is 0 Å². The van der Waals surface area contributed by atoms with Crippen molar-refractivity contribution in [2.75, 3.05) is 44.2 Å². The third-order valence-corrected chi connectivity index (χ3v) is 6.66. The van der Waals surface area contributed by atoms with Crippen LogP contribution in [0.5, 0.6) is 0 Å². The highest BCUT2D eigenvalue weighted by Crippen LogP contribution is 2.36. The molecule has 0 radical (unpaired) electrons. The average molecular weight is 418 g/mol. The molecule has 2 aliphatic heterocycles. The lowest BCUT2D eigenvalue weighted by atomic mass is 9.95. The molecule has 1 atom stereocenters. The van der Waals surface area contributed by atoms with E-state index in [-0.39, 0.29) is 6.04 Å². The van der Waals surface area contributed by atoms with E-state index in [1.54, 1.807) is 0 Å². The maximum Gasteiger partial charge on any atom is 0.0670 e. The summed E-state index contributed by atoms with van der Waals surface area (Å²) in [5, 5.41) is 5.10. The molecule has 0 spiro atoms. The number of piperidine rings is 1. The maximum atomic E-state index is 6.65. The summed E-state index contributed by atoms with van der Waals surface area (Å²) in [6.45, 7) is 8.69. The highest BCUT2D eigenvalue weighted by molar-refractivity contribution is 6.33. The van der Waals surface area contributed by atoms with Crippen molar-refractivity contribution in [3.63, 3.8) is 0 Å². The molecule has 0 aliphatic carbocycles. The number of hydrogen-bond donors (Lipinski definition) is 1. The van der Waals surface area contributed by atoms with Crippen LogP contribution in [0.25, 0.3) is 0 Å². The van der Waals surface area contributed by atoms with Gasteiger partial charge in [-0.25, -0.2) is 0 Å². The normalized spacial score (nSPS) is 21.8. The summed E-state index contributed by atoms with van der Waals surface area (Å²) in [5.41, 5.74) is 3.63. The van der Waals surface area contributed by atoms with Crippen LogP contribution in [-0.2, 0) is 0 Å². The van der Waals surface area contributed by atoms with Gasteiger partial charge in [0.05, 0.1) is 16.8 Å². The molecular weight excluding hydrogens is 389 g/mol. The van der Waals surface area contributed by atoms with Crippen LogP contribution in [0.1, 0.15) is 30.0 Å². The molecule has 3 nitrogen and oxygen atoms in total. The van der Waals surface area contributed by atoms with Crippen LogP contribution in [-0.4, -0.2) is 44.2 Å². The number of anilines is 1. The van der Waals surface area contributed by atoms with E-state index in [0.717, 1.165) is 54.4 Å². The van der Waals surface area contributed by atoms with Gasteiger partial charge in [-0.2, -0.15) is 0 Å². The van der Waals surface area contributed by atoms with E-state index in [0.29, 0.717) is 0 Å². The molecule has 0 unspecified atom stereocenters. The number of hydrogen-bond acceptors (Lipinski definition) is 3. The molecule has 1 N–H and O–H groups in total. The van der Waals surface area contributed by atoms with E-state index < -0.39 is 0 Å². The number of halogens is 2. The minimum atomic E-state index is 0.285. The summed E-state index contributed by atoms with van der Waals surface area (Å²) in [6.07, 6.45) is 2.57. The Morgan fingerprint density at radius 3 is 2.46 bits per heavy atom. The van der Waals surface area contributed by atoms with Gasteiger partial charge in [0.2, 0.25) is 0 Å². The molecule has 0 bridgehead atoms. The number of aryl methyl sites for hydroxylation is 1. The van der Waals surface area contributed by atoms with Gasteiger partial charge in [0.1, 0.15) is 0 Å². The Morgan fingerprint density at radius 2 is 1.75 bits per heavy atom. The minimum Gasteiger partial charge on any atom is -0.361 e. The fourth-order valence-electron chi connectivity index (χ4n) is 4.54. The van der Waals surface area contributed by atoms with Gasteiger partial charge < -0.3 is 10.2 Å². The number of nitrogens with zero attached hydrogens (tertiary/aromatic N) is 2. The van der Waals surface area contributed by atoms with E-state index in [1.165, 1.54) is 30.5 Å². The minimum absolute atomic E-state index is 0.285. The largest absolute Gasteiger partial charge is 0.361 e. The Kier molecular flexibility index (Phi) is 6.47. The van der Waals surface area contributed by atoms with Crippen LogP contribution < -0.4 is 10.2 Å². The third-order valence-electron chi connectivity index (χ3n) is 6.11. The third kappa shape index (κ3) is 4.65. The lowest BCUT2D eigenvalue weighted by Crippen LogP contribution is -2.50. The Bertz CT molecular complexity index is 787. The molecule has 0 aromatic heterocycles. The molecule has 2 aliphatic rings. The van der Waals surface area contributed by atoms with Gasteiger partial charge in [-0.05, 0) is 74.2 Å². The number of benzene rings is 2. The molecule has 2 aromatic rings. The smallest absolute Gasteiger partial charge is 0.0670 e. The SMILES string of the molecule is Cc1ccc(N2CCN(CC3CCNCC3)C[C@H]2c2ccc(Cl)cc2)c(Cl)c1. The quantitative estimate of drug-likeness (QED) is 0.740. The van der Waals surface area contributed by atoms with E-state index >= 15 is 0 Å². The first-order chi connectivity index (χ1) is 13.6. The van der Waals surface area contributed by atoms with Crippen molar-refractivity contribution in [3.05, 3.63) is 63.6 Å². The summed E-state index contributed by atoms with van der Waals surface area (Å²) < 4.78 is 0. The Hall–Kier alpha value is -1.26. The second-order valence-electron chi connectivity index (χ2n) is 8.17. The first kappa shape index (κ1) is 20.0. The Labute approximate surface area is 178 Å². The van der Waals surface area contributed by atoms with E-state index in [1.807, 2.05) is 12.1 Å². The molecule has 5 heteroatoms. The first-order valence-corrected chi connectivity index (χ1v) is 11.1. The summed E-state index contributed by atoms with van der Waals surface area (Å²) in [4.78, 5) is 5.12. The van der Waals surface area contributed by atoms with Crippen molar-refractivity contribution in [2.24, 2.45) is 5.92 Å². The fraction of sp³-hybridized carbons (Fsp3) is 0.478. The zero-order chi connectivity index (χ0) is 19.5. The fourth-order valence-corrected chi connectivity index (χ4v) is 5.01. The topological polar surface area (TPSA) is 18.5 Å². The zero-order valence-electron chi connectivity index (χ0n) is 16.5. The van der Waals surface area contributed by atoms with Crippen molar-refractivity contribution in [1.29, 1.82) is 0 Å². The summed E-state index contributed by atoms with van der Waals surface area (Å²) in [5.74, 6) is 0.807. The molecular formula is C23H29Cl2N3. The van der Waals surface area contributed by atoms with Gasteiger partial charge in [-0.3, -0.25) is 4.90 Å². The van der Waals surface area contributed by atoms with Crippen LogP contribution in [0.2, 0.25) is 10.0 Å². The molecule has 0 amide bonds. The Balaban J connectivity index is 1.58. The highest BCUT2D eigenvalue weighted by Gasteiger charge is 2.31. The number of piperazine rings is 1.